The summed E-state index contributed by atoms with van der Waals surface area (Å²) in [5, 5.41) is 17.2. The first-order valence-electron chi connectivity index (χ1n) is 7.38. The second-order valence-corrected chi connectivity index (χ2v) is 5.62. The van der Waals surface area contributed by atoms with Crippen LogP contribution in [0.15, 0.2) is 36.5 Å². The van der Waals surface area contributed by atoms with Gasteiger partial charge in [-0.1, -0.05) is 18.2 Å². The summed E-state index contributed by atoms with van der Waals surface area (Å²) in [6, 6.07) is 8.46. The lowest BCUT2D eigenvalue weighted by Crippen LogP contribution is -2.36. The van der Waals surface area contributed by atoms with Gasteiger partial charge in [0, 0.05) is 29.9 Å². The largest absolute Gasteiger partial charge is 0.387 e. The van der Waals surface area contributed by atoms with Crippen molar-refractivity contribution in [1.29, 1.82) is 0 Å². The molecule has 0 bridgehead atoms. The Bertz CT molecular complexity index is 565. The lowest BCUT2D eigenvalue weighted by atomic mass is 9.93. The highest BCUT2D eigenvalue weighted by atomic mass is 19.1. The average Bonchev–Trinajstić information content (AvgIpc) is 3.02. The number of aromatic amines is 1. The fraction of sp³-hybridized carbons (Fsp3) is 0.438. The van der Waals surface area contributed by atoms with Crippen LogP contribution in [-0.4, -0.2) is 39.8 Å². The van der Waals surface area contributed by atoms with Crippen LogP contribution in [0.25, 0.3) is 0 Å². The van der Waals surface area contributed by atoms with Crippen molar-refractivity contribution in [3.8, 4) is 0 Å². The minimum absolute atomic E-state index is 0.336. The molecule has 112 valence electrons. The van der Waals surface area contributed by atoms with Gasteiger partial charge in [0.2, 0.25) is 0 Å². The summed E-state index contributed by atoms with van der Waals surface area (Å²) < 4.78 is 13.7. The van der Waals surface area contributed by atoms with E-state index in [1.807, 2.05) is 6.07 Å². The molecule has 3 rings (SSSR count). The molecule has 1 aromatic heterocycles. The van der Waals surface area contributed by atoms with Gasteiger partial charge < -0.3 is 10.0 Å². The predicted octanol–water partition coefficient (Wildman–Crippen LogP) is 2.46. The number of nitrogens with zero attached hydrogens (tertiary/aromatic N) is 2. The number of benzene rings is 1. The third kappa shape index (κ3) is 3.31. The fourth-order valence-electron chi connectivity index (χ4n) is 3.01. The van der Waals surface area contributed by atoms with Gasteiger partial charge in [0.05, 0.1) is 6.10 Å². The van der Waals surface area contributed by atoms with Crippen LogP contribution in [0.5, 0.6) is 0 Å². The molecule has 1 saturated heterocycles. The molecule has 21 heavy (non-hydrogen) atoms. The van der Waals surface area contributed by atoms with E-state index in [9.17, 15) is 9.50 Å². The van der Waals surface area contributed by atoms with Crippen LogP contribution in [0.2, 0.25) is 0 Å². The summed E-state index contributed by atoms with van der Waals surface area (Å²) in [6.45, 7) is 2.31. The molecule has 1 aliphatic rings. The minimum Gasteiger partial charge on any atom is -0.387 e. The smallest absolute Gasteiger partial charge is 0.129 e. The van der Waals surface area contributed by atoms with Crippen molar-refractivity contribution < 1.29 is 9.50 Å². The van der Waals surface area contributed by atoms with Crippen molar-refractivity contribution in [2.75, 3.05) is 19.6 Å². The Morgan fingerprint density at radius 2 is 2.05 bits per heavy atom. The molecule has 0 amide bonds. The van der Waals surface area contributed by atoms with Crippen LogP contribution in [0.3, 0.4) is 0 Å². The number of halogens is 1. The first kappa shape index (κ1) is 14.2. The molecule has 2 N–H and O–H groups in total. The van der Waals surface area contributed by atoms with Gasteiger partial charge in [0.25, 0.3) is 0 Å². The molecular weight excluding hydrogens is 269 g/mol. The molecule has 0 unspecified atom stereocenters. The fourth-order valence-corrected chi connectivity index (χ4v) is 3.01. The molecule has 2 heterocycles. The summed E-state index contributed by atoms with van der Waals surface area (Å²) in [7, 11) is 0. The van der Waals surface area contributed by atoms with Gasteiger partial charge in [-0.05, 0) is 38.1 Å². The average molecular weight is 289 g/mol. The van der Waals surface area contributed by atoms with E-state index in [4.69, 9.17) is 0 Å². The SMILES string of the molecule is O[C@@H](CN1CCC(c2ccn[nH]2)CC1)c1ccccc1F. The summed E-state index contributed by atoms with van der Waals surface area (Å²) in [4.78, 5) is 2.20. The maximum atomic E-state index is 13.7. The van der Waals surface area contributed by atoms with Crippen LogP contribution in [0, 0.1) is 5.82 Å². The Kier molecular flexibility index (Phi) is 4.31. The van der Waals surface area contributed by atoms with E-state index in [1.165, 1.54) is 11.8 Å². The van der Waals surface area contributed by atoms with E-state index in [-0.39, 0.29) is 5.82 Å². The zero-order valence-electron chi connectivity index (χ0n) is 11.9. The number of aliphatic hydroxyl groups excluding tert-OH is 1. The third-order valence-corrected chi connectivity index (χ3v) is 4.25. The Morgan fingerprint density at radius 3 is 2.71 bits per heavy atom. The Hall–Kier alpha value is -1.72. The standard InChI is InChI=1S/C16H20FN3O/c17-14-4-2-1-3-13(14)16(21)11-20-9-6-12(7-10-20)15-5-8-18-19-15/h1-5,8,12,16,21H,6-7,9-11H2,(H,18,19)/t16-/m0/s1. The van der Waals surface area contributed by atoms with Crippen LogP contribution in [0.1, 0.15) is 36.1 Å². The zero-order chi connectivity index (χ0) is 14.7. The van der Waals surface area contributed by atoms with Crippen molar-refractivity contribution in [3.05, 3.63) is 53.6 Å². The topological polar surface area (TPSA) is 52.1 Å². The second-order valence-electron chi connectivity index (χ2n) is 5.62. The van der Waals surface area contributed by atoms with E-state index in [0.29, 0.717) is 18.0 Å². The Balaban J connectivity index is 1.55. The predicted molar refractivity (Wildman–Crippen MR) is 78.4 cm³/mol. The number of nitrogens with one attached hydrogen (secondary N) is 1. The monoisotopic (exact) mass is 289 g/mol. The number of H-pyrrole nitrogens is 1. The van der Waals surface area contributed by atoms with E-state index < -0.39 is 6.10 Å². The van der Waals surface area contributed by atoms with Gasteiger partial charge in [-0.2, -0.15) is 5.10 Å². The third-order valence-electron chi connectivity index (χ3n) is 4.25. The number of aliphatic hydroxyl groups is 1. The van der Waals surface area contributed by atoms with Gasteiger partial charge in [0.1, 0.15) is 5.82 Å². The molecule has 2 aromatic rings. The highest BCUT2D eigenvalue weighted by molar-refractivity contribution is 5.20. The molecule has 4 nitrogen and oxygen atoms in total. The molecule has 5 heteroatoms. The zero-order valence-corrected chi connectivity index (χ0v) is 11.9. The van der Waals surface area contributed by atoms with Crippen LogP contribution < -0.4 is 0 Å². The Labute approximate surface area is 123 Å². The molecule has 1 aromatic carbocycles. The summed E-state index contributed by atoms with van der Waals surface area (Å²) in [6.07, 6.45) is 3.08. The number of piperidine rings is 1. The second kappa shape index (κ2) is 6.37. The molecule has 0 spiro atoms. The van der Waals surface area contributed by atoms with Gasteiger partial charge in [-0.25, -0.2) is 4.39 Å². The van der Waals surface area contributed by atoms with Crippen molar-refractivity contribution in [2.24, 2.45) is 0 Å². The molecule has 1 atom stereocenters. The number of rotatable bonds is 4. The van der Waals surface area contributed by atoms with E-state index >= 15 is 0 Å². The molecular formula is C16H20FN3O. The molecule has 1 aliphatic heterocycles. The van der Waals surface area contributed by atoms with E-state index in [0.717, 1.165) is 25.9 Å². The van der Waals surface area contributed by atoms with Gasteiger partial charge in [0.15, 0.2) is 0 Å². The van der Waals surface area contributed by atoms with Gasteiger partial charge in [-0.15, -0.1) is 0 Å². The first-order chi connectivity index (χ1) is 10.2. The van der Waals surface area contributed by atoms with Crippen molar-refractivity contribution >= 4 is 0 Å². The quantitative estimate of drug-likeness (QED) is 0.909. The number of hydrogen-bond acceptors (Lipinski definition) is 3. The van der Waals surface area contributed by atoms with Gasteiger partial charge in [-0.3, -0.25) is 5.10 Å². The van der Waals surface area contributed by atoms with E-state index in [2.05, 4.69) is 15.1 Å². The maximum Gasteiger partial charge on any atom is 0.129 e. The van der Waals surface area contributed by atoms with Crippen molar-refractivity contribution in [2.45, 2.75) is 24.9 Å². The van der Waals surface area contributed by atoms with Crippen LogP contribution in [0.4, 0.5) is 4.39 Å². The summed E-state index contributed by atoms with van der Waals surface area (Å²) >= 11 is 0. The number of hydrogen-bond donors (Lipinski definition) is 2. The van der Waals surface area contributed by atoms with Crippen molar-refractivity contribution in [3.63, 3.8) is 0 Å². The van der Waals surface area contributed by atoms with Crippen LogP contribution in [-0.2, 0) is 0 Å². The lowest BCUT2D eigenvalue weighted by molar-refractivity contribution is 0.0944. The van der Waals surface area contributed by atoms with Crippen molar-refractivity contribution in [1.82, 2.24) is 15.1 Å². The number of aromatic nitrogens is 2. The number of likely N-dealkylation sites (tertiary alicyclic amines) is 1. The first-order valence-corrected chi connectivity index (χ1v) is 7.38. The summed E-state index contributed by atoms with van der Waals surface area (Å²) in [5.74, 6) is 0.173. The van der Waals surface area contributed by atoms with E-state index in [1.54, 1.807) is 24.4 Å². The number of β-amino-alcohol motifs (C(OH)–C–C–N with tert-alkyl or cyclic N) is 1. The highest BCUT2D eigenvalue weighted by Crippen LogP contribution is 2.27. The lowest BCUT2D eigenvalue weighted by Gasteiger charge is -2.32. The molecule has 0 radical (unpaired) electrons. The molecule has 1 fully saturated rings. The molecule has 0 saturated carbocycles. The Morgan fingerprint density at radius 1 is 1.29 bits per heavy atom. The minimum atomic E-state index is -0.769. The molecule has 0 aliphatic carbocycles. The van der Waals surface area contributed by atoms with Crippen LogP contribution >= 0.6 is 0 Å². The summed E-state index contributed by atoms with van der Waals surface area (Å²) in [5.41, 5.74) is 1.57. The maximum absolute atomic E-state index is 13.7. The highest BCUT2D eigenvalue weighted by Gasteiger charge is 2.24. The normalized spacial score (nSPS) is 18.8. The van der Waals surface area contributed by atoms with Gasteiger partial charge >= 0.3 is 0 Å².